The second kappa shape index (κ2) is 6.07. The van der Waals surface area contributed by atoms with Crippen molar-refractivity contribution in [3.63, 3.8) is 0 Å². The monoisotopic (exact) mass is 355 g/mol. The number of carbonyl (C=O) groups is 1. The zero-order valence-corrected chi connectivity index (χ0v) is 11.8. The fourth-order valence-electron chi connectivity index (χ4n) is 1.64. The number of alkyl halides is 3. The topological polar surface area (TPSA) is 68.0 Å². The van der Waals surface area contributed by atoms with Gasteiger partial charge in [0.05, 0.1) is 0 Å². The third kappa shape index (κ3) is 3.73. The van der Waals surface area contributed by atoms with E-state index >= 15 is 0 Å². The molecule has 1 aromatic carbocycles. The van der Waals surface area contributed by atoms with E-state index in [1.165, 1.54) is 0 Å². The average Bonchev–Trinajstić information content (AvgIpc) is 2.83. The van der Waals surface area contributed by atoms with Crippen LogP contribution in [0.2, 0.25) is 0 Å². The van der Waals surface area contributed by atoms with E-state index in [-0.39, 0.29) is 6.07 Å². The van der Waals surface area contributed by atoms with Gasteiger partial charge in [0, 0.05) is 18.2 Å². The lowest BCUT2D eigenvalue weighted by Crippen LogP contribution is -2.25. The van der Waals surface area contributed by atoms with E-state index in [1.54, 1.807) is 0 Å². The van der Waals surface area contributed by atoms with Gasteiger partial charge in [-0.1, -0.05) is 11.3 Å². The predicted molar refractivity (Wildman–Crippen MR) is 69.0 cm³/mol. The zero-order valence-electron chi connectivity index (χ0n) is 11.0. The molecule has 2 rings (SSSR count). The Kier molecular flexibility index (Phi) is 4.50. The summed E-state index contributed by atoms with van der Waals surface area (Å²) in [6.45, 7) is -0.642. The van der Waals surface area contributed by atoms with Crippen molar-refractivity contribution in [2.24, 2.45) is 0 Å². The molecule has 0 aliphatic heterocycles. The number of rotatable bonds is 3. The zero-order chi connectivity index (χ0) is 17.4. The molecule has 0 spiro atoms. The third-order valence-corrected chi connectivity index (χ3v) is 3.53. The van der Waals surface area contributed by atoms with Gasteiger partial charge < -0.3 is 11.1 Å². The minimum atomic E-state index is -4.89. The first-order valence-corrected chi connectivity index (χ1v) is 6.66. The van der Waals surface area contributed by atoms with Gasteiger partial charge in [0.15, 0.2) is 22.5 Å². The number of nitrogen functional groups attached to an aromatic ring is 1. The first-order valence-electron chi connectivity index (χ1n) is 5.84. The van der Waals surface area contributed by atoms with E-state index < -0.39 is 57.3 Å². The summed E-state index contributed by atoms with van der Waals surface area (Å²) in [5.41, 5.74) is 3.26. The average molecular weight is 355 g/mol. The van der Waals surface area contributed by atoms with E-state index in [9.17, 15) is 31.1 Å². The highest BCUT2D eigenvalue weighted by Gasteiger charge is 2.39. The number of benzene rings is 1. The molecular weight excluding hydrogens is 348 g/mol. The van der Waals surface area contributed by atoms with E-state index in [0.717, 1.165) is 0 Å². The molecule has 2 aromatic rings. The van der Waals surface area contributed by atoms with Gasteiger partial charge in [0.2, 0.25) is 0 Å². The van der Waals surface area contributed by atoms with Gasteiger partial charge >= 0.3 is 6.18 Å². The van der Waals surface area contributed by atoms with Crippen molar-refractivity contribution in [1.82, 2.24) is 10.3 Å². The molecule has 124 valence electrons. The lowest BCUT2D eigenvalue weighted by Gasteiger charge is -2.08. The highest BCUT2D eigenvalue weighted by atomic mass is 32.1. The number of halogens is 6. The molecule has 3 N–H and O–H groups in total. The van der Waals surface area contributed by atoms with Crippen molar-refractivity contribution < 1.29 is 31.1 Å². The Labute approximate surface area is 128 Å². The van der Waals surface area contributed by atoms with E-state index in [4.69, 9.17) is 5.73 Å². The van der Waals surface area contributed by atoms with Gasteiger partial charge in [-0.3, -0.25) is 4.79 Å². The molecule has 11 heteroatoms. The van der Waals surface area contributed by atoms with Crippen molar-refractivity contribution in [2.45, 2.75) is 12.7 Å². The number of aromatic nitrogens is 1. The van der Waals surface area contributed by atoms with Crippen LogP contribution >= 0.6 is 11.3 Å². The molecule has 1 heterocycles. The number of nitrogens with two attached hydrogens (primary N) is 1. The Morgan fingerprint density at radius 2 is 1.78 bits per heavy atom. The number of hydrogen-bond donors (Lipinski definition) is 2. The molecule has 0 bridgehead atoms. The number of carbonyl (C=O) groups excluding carboxylic acids is 1. The number of thiazole rings is 1. The molecule has 0 radical (unpaired) electrons. The molecule has 0 unspecified atom stereocenters. The summed E-state index contributed by atoms with van der Waals surface area (Å²) in [7, 11) is 0. The van der Waals surface area contributed by atoms with Gasteiger partial charge in [-0.2, -0.15) is 13.2 Å². The largest absolute Gasteiger partial charge is 0.435 e. The van der Waals surface area contributed by atoms with Crippen LogP contribution in [0.1, 0.15) is 20.9 Å². The van der Waals surface area contributed by atoms with Gasteiger partial charge in [-0.15, -0.1) is 0 Å². The molecule has 4 nitrogen and oxygen atoms in total. The first kappa shape index (κ1) is 17.1. The summed E-state index contributed by atoms with van der Waals surface area (Å²) in [6, 6.07) is 0.763. The van der Waals surface area contributed by atoms with E-state index in [1.807, 2.05) is 5.32 Å². The SMILES string of the molecule is Nc1nc(C(F)(F)F)c(C(=O)NCc2cc(F)c(F)cc2F)s1. The van der Waals surface area contributed by atoms with Crippen LogP contribution in [0.5, 0.6) is 0 Å². The second-order valence-electron chi connectivity index (χ2n) is 4.27. The van der Waals surface area contributed by atoms with Gasteiger partial charge in [0.1, 0.15) is 10.7 Å². The molecular formula is C12H7F6N3OS. The maximum atomic E-state index is 13.4. The van der Waals surface area contributed by atoms with Crippen molar-refractivity contribution >= 4 is 22.4 Å². The van der Waals surface area contributed by atoms with Crippen LogP contribution in [0.15, 0.2) is 12.1 Å². The molecule has 0 saturated heterocycles. The number of nitrogens with one attached hydrogen (secondary N) is 1. The molecule has 0 aliphatic carbocycles. The summed E-state index contributed by atoms with van der Waals surface area (Å²) in [4.78, 5) is 14.0. The van der Waals surface area contributed by atoms with E-state index in [0.29, 0.717) is 17.4 Å². The molecule has 0 fully saturated rings. The minimum absolute atomic E-state index is 0.267. The van der Waals surface area contributed by atoms with E-state index in [2.05, 4.69) is 4.98 Å². The standard InChI is InChI=1S/C12H7F6N3OS/c13-5-2-7(15)6(14)1-4(5)3-20-10(22)8-9(12(16,17)18)21-11(19)23-8/h1-2H,3H2,(H2,19,21)(H,20,22). The van der Waals surface area contributed by atoms with Crippen LogP contribution in [0.4, 0.5) is 31.5 Å². The highest BCUT2D eigenvalue weighted by Crippen LogP contribution is 2.35. The fraction of sp³-hybridized carbons (Fsp3) is 0.167. The number of amides is 1. The van der Waals surface area contributed by atoms with Crippen LogP contribution in [0, 0.1) is 17.5 Å². The maximum absolute atomic E-state index is 13.4. The molecule has 1 amide bonds. The molecule has 0 saturated carbocycles. The van der Waals surface area contributed by atoms with Crippen molar-refractivity contribution in [2.75, 3.05) is 5.73 Å². The Bertz CT molecular complexity index is 758. The molecule has 0 atom stereocenters. The van der Waals surface area contributed by atoms with Crippen molar-refractivity contribution in [1.29, 1.82) is 0 Å². The molecule has 23 heavy (non-hydrogen) atoms. The van der Waals surface area contributed by atoms with Crippen LogP contribution in [0.25, 0.3) is 0 Å². The van der Waals surface area contributed by atoms with Gasteiger partial charge in [-0.05, 0) is 6.07 Å². The second-order valence-corrected chi connectivity index (χ2v) is 5.30. The normalized spacial score (nSPS) is 11.6. The summed E-state index contributed by atoms with van der Waals surface area (Å²) in [5.74, 6) is -5.14. The van der Waals surface area contributed by atoms with Crippen LogP contribution < -0.4 is 11.1 Å². The van der Waals surface area contributed by atoms with Gasteiger partial charge in [-0.25, -0.2) is 18.2 Å². The number of anilines is 1. The van der Waals surface area contributed by atoms with Crippen LogP contribution in [0.3, 0.4) is 0 Å². The molecule has 1 aromatic heterocycles. The summed E-state index contributed by atoms with van der Waals surface area (Å²) in [5, 5.41) is 1.50. The van der Waals surface area contributed by atoms with Gasteiger partial charge in [0.25, 0.3) is 5.91 Å². The Morgan fingerprint density at radius 1 is 1.17 bits per heavy atom. The Balaban J connectivity index is 2.20. The maximum Gasteiger partial charge on any atom is 0.435 e. The first-order chi connectivity index (χ1) is 10.6. The van der Waals surface area contributed by atoms with Crippen molar-refractivity contribution in [3.8, 4) is 0 Å². The Hall–Kier alpha value is -2.30. The third-order valence-electron chi connectivity index (χ3n) is 2.65. The highest BCUT2D eigenvalue weighted by molar-refractivity contribution is 7.17. The van der Waals surface area contributed by atoms with Crippen LogP contribution in [-0.2, 0) is 12.7 Å². The lowest BCUT2D eigenvalue weighted by atomic mass is 10.2. The smallest absolute Gasteiger partial charge is 0.375 e. The summed E-state index contributed by atoms with van der Waals surface area (Å²) in [6.07, 6.45) is -4.89. The lowest BCUT2D eigenvalue weighted by molar-refractivity contribution is -0.141. The minimum Gasteiger partial charge on any atom is -0.375 e. The quantitative estimate of drug-likeness (QED) is 0.657. The number of nitrogens with zero attached hydrogens (tertiary/aromatic N) is 1. The summed E-state index contributed by atoms with van der Waals surface area (Å²) >= 11 is 0.301. The van der Waals surface area contributed by atoms with Crippen molar-refractivity contribution in [3.05, 3.63) is 45.7 Å². The fourth-order valence-corrected chi connectivity index (χ4v) is 2.41. The summed E-state index contributed by atoms with van der Waals surface area (Å²) < 4.78 is 77.3. The predicted octanol–water partition coefficient (Wildman–Crippen LogP) is 3.09. The molecule has 0 aliphatic rings. The van der Waals surface area contributed by atoms with Crippen LogP contribution in [-0.4, -0.2) is 10.9 Å². The Morgan fingerprint density at radius 3 is 2.39 bits per heavy atom. The number of hydrogen-bond acceptors (Lipinski definition) is 4.